The van der Waals surface area contributed by atoms with Crippen molar-refractivity contribution < 1.29 is 9.84 Å². The van der Waals surface area contributed by atoms with Crippen molar-refractivity contribution in [3.63, 3.8) is 0 Å². The third-order valence-electron chi connectivity index (χ3n) is 4.12. The maximum absolute atomic E-state index is 9.17. The maximum Gasteiger partial charge on any atom is 0.108 e. The van der Waals surface area contributed by atoms with Crippen LogP contribution in [-0.2, 0) is 11.2 Å². The molecule has 1 fully saturated rings. The van der Waals surface area contributed by atoms with E-state index in [-0.39, 0.29) is 6.61 Å². The smallest absolute Gasteiger partial charge is 0.108 e. The Labute approximate surface area is 137 Å². The van der Waals surface area contributed by atoms with Crippen LogP contribution < -0.4 is 5.73 Å². The highest BCUT2D eigenvalue weighted by molar-refractivity contribution is 7.12. The monoisotopic (exact) mass is 321 g/mol. The molecular weight excluding hydrogens is 294 g/mol. The van der Waals surface area contributed by atoms with E-state index in [1.54, 1.807) is 11.3 Å². The number of rotatable bonds is 6. The maximum atomic E-state index is 9.17. The van der Waals surface area contributed by atoms with Crippen LogP contribution >= 0.6 is 11.3 Å². The number of thiophene rings is 1. The summed E-state index contributed by atoms with van der Waals surface area (Å²) >= 11 is 1.70. The van der Waals surface area contributed by atoms with E-state index >= 15 is 0 Å². The molecule has 1 aliphatic rings. The molecule has 22 heavy (non-hydrogen) atoms. The molecule has 1 atom stereocenters. The normalized spacial score (nSPS) is 18.5. The van der Waals surface area contributed by atoms with Crippen LogP contribution in [0.15, 0.2) is 12.1 Å². The van der Waals surface area contributed by atoms with Gasteiger partial charge in [0.25, 0.3) is 0 Å². The Morgan fingerprint density at radius 1 is 1.36 bits per heavy atom. The number of ether oxygens (including phenoxy) is 1. The quantitative estimate of drug-likeness (QED) is 0.792. The van der Waals surface area contributed by atoms with E-state index in [2.05, 4.69) is 24.0 Å². The second kappa shape index (κ2) is 8.69. The summed E-state index contributed by atoms with van der Waals surface area (Å²) in [5.74, 6) is 6.30. The van der Waals surface area contributed by atoms with Crippen LogP contribution in [-0.4, -0.2) is 30.0 Å². The molecule has 0 spiro atoms. The van der Waals surface area contributed by atoms with Gasteiger partial charge in [-0.15, -0.1) is 11.3 Å². The largest absolute Gasteiger partial charge is 0.394 e. The molecule has 0 bridgehead atoms. The fourth-order valence-electron chi connectivity index (χ4n) is 2.58. The van der Waals surface area contributed by atoms with Crippen molar-refractivity contribution in [1.29, 1.82) is 0 Å². The summed E-state index contributed by atoms with van der Waals surface area (Å²) in [7, 11) is 0. The molecule has 1 unspecified atom stereocenters. The Hall–Kier alpha value is -0.860. The highest BCUT2D eigenvalue weighted by Crippen LogP contribution is 2.21. The minimum Gasteiger partial charge on any atom is -0.394 e. The van der Waals surface area contributed by atoms with Crippen molar-refractivity contribution in [2.75, 3.05) is 13.2 Å². The van der Waals surface area contributed by atoms with Crippen molar-refractivity contribution >= 4 is 11.3 Å². The minimum atomic E-state index is -0.496. The van der Waals surface area contributed by atoms with Crippen molar-refractivity contribution in [2.45, 2.75) is 63.5 Å². The standard InChI is InChI=1S/C18H27NO2S/c1-18(19,14-20)12-11-17-10-9-16(22-17)8-5-13-21-15-6-3-2-4-7-15/h9-10,15,20H,2-4,6-7,11-14,19H2,1H3. The zero-order valence-corrected chi connectivity index (χ0v) is 14.3. The zero-order chi connectivity index (χ0) is 15.8. The number of aryl methyl sites for hydroxylation is 1. The molecule has 3 N–H and O–H groups in total. The molecule has 1 aromatic rings. The van der Waals surface area contributed by atoms with Crippen LogP contribution in [0.2, 0.25) is 0 Å². The molecule has 1 aromatic heterocycles. The average molecular weight is 321 g/mol. The lowest BCUT2D eigenvalue weighted by molar-refractivity contribution is 0.0497. The number of hydrogen-bond donors (Lipinski definition) is 2. The van der Waals surface area contributed by atoms with Gasteiger partial charge in [-0.3, -0.25) is 0 Å². The van der Waals surface area contributed by atoms with Gasteiger partial charge in [-0.2, -0.15) is 0 Å². The predicted molar refractivity (Wildman–Crippen MR) is 92.0 cm³/mol. The van der Waals surface area contributed by atoms with E-state index in [4.69, 9.17) is 10.5 Å². The fraction of sp³-hybridized carbons (Fsp3) is 0.667. The highest BCUT2D eigenvalue weighted by atomic mass is 32.1. The van der Waals surface area contributed by atoms with Gasteiger partial charge in [-0.25, -0.2) is 0 Å². The van der Waals surface area contributed by atoms with Crippen LogP contribution in [0.3, 0.4) is 0 Å². The minimum absolute atomic E-state index is 0.0174. The number of nitrogens with two attached hydrogens (primary N) is 1. The molecule has 1 saturated carbocycles. The third-order valence-corrected chi connectivity index (χ3v) is 5.18. The summed E-state index contributed by atoms with van der Waals surface area (Å²) in [6.45, 7) is 2.43. The molecule has 0 aromatic carbocycles. The van der Waals surface area contributed by atoms with Crippen LogP contribution in [0, 0.1) is 11.8 Å². The zero-order valence-electron chi connectivity index (χ0n) is 13.4. The van der Waals surface area contributed by atoms with Crippen LogP contribution in [0.1, 0.15) is 55.2 Å². The molecule has 0 aliphatic heterocycles. The van der Waals surface area contributed by atoms with E-state index in [1.807, 2.05) is 6.92 Å². The predicted octanol–water partition coefficient (Wildman–Crippen LogP) is 3.09. The van der Waals surface area contributed by atoms with Gasteiger partial charge in [0, 0.05) is 10.4 Å². The summed E-state index contributed by atoms with van der Waals surface area (Å²) in [5.41, 5.74) is 5.45. The molecule has 0 radical (unpaired) electrons. The third kappa shape index (κ3) is 6.10. The van der Waals surface area contributed by atoms with Crippen LogP contribution in [0.25, 0.3) is 0 Å². The Bertz CT molecular complexity index is 507. The molecule has 0 amide bonds. The van der Waals surface area contributed by atoms with Crippen molar-refractivity contribution in [1.82, 2.24) is 0 Å². The van der Waals surface area contributed by atoms with E-state index in [0.717, 1.165) is 17.7 Å². The first-order valence-electron chi connectivity index (χ1n) is 8.18. The summed E-state index contributed by atoms with van der Waals surface area (Å²) in [6, 6.07) is 4.16. The van der Waals surface area contributed by atoms with E-state index in [1.165, 1.54) is 37.0 Å². The topological polar surface area (TPSA) is 55.5 Å². The fourth-order valence-corrected chi connectivity index (χ4v) is 3.46. The molecule has 2 rings (SSSR count). The second-order valence-electron chi connectivity index (χ2n) is 6.45. The Kier molecular flexibility index (Phi) is 6.91. The summed E-state index contributed by atoms with van der Waals surface area (Å²) in [5, 5.41) is 9.17. The van der Waals surface area contributed by atoms with Gasteiger partial charge in [0.05, 0.1) is 17.6 Å². The van der Waals surface area contributed by atoms with Gasteiger partial charge in [0.1, 0.15) is 6.61 Å². The lowest BCUT2D eigenvalue weighted by Crippen LogP contribution is -2.40. The van der Waals surface area contributed by atoms with Gasteiger partial charge in [0.15, 0.2) is 0 Å². The Morgan fingerprint density at radius 3 is 2.86 bits per heavy atom. The summed E-state index contributed by atoms with van der Waals surface area (Å²) in [4.78, 5) is 2.34. The molecule has 1 aliphatic carbocycles. The lowest BCUT2D eigenvalue weighted by Gasteiger charge is -2.20. The van der Waals surface area contributed by atoms with Crippen molar-refractivity contribution in [3.05, 3.63) is 21.9 Å². The number of hydrogen-bond acceptors (Lipinski definition) is 4. The van der Waals surface area contributed by atoms with E-state index in [0.29, 0.717) is 12.7 Å². The van der Waals surface area contributed by atoms with E-state index in [9.17, 15) is 5.11 Å². The Morgan fingerprint density at radius 2 is 2.14 bits per heavy atom. The second-order valence-corrected chi connectivity index (χ2v) is 7.62. The molecule has 3 nitrogen and oxygen atoms in total. The SMILES string of the molecule is CC(N)(CO)CCc1ccc(C#CCOC2CCCCC2)s1. The molecule has 1 heterocycles. The first-order valence-corrected chi connectivity index (χ1v) is 9.00. The van der Waals surface area contributed by atoms with Crippen molar-refractivity contribution in [2.24, 2.45) is 5.73 Å². The van der Waals surface area contributed by atoms with Crippen LogP contribution in [0.4, 0.5) is 0 Å². The van der Waals surface area contributed by atoms with Gasteiger partial charge in [0.2, 0.25) is 0 Å². The van der Waals surface area contributed by atoms with Gasteiger partial charge in [-0.1, -0.05) is 31.1 Å². The Balaban J connectivity index is 1.73. The molecule has 122 valence electrons. The molecule has 4 heteroatoms. The van der Waals surface area contributed by atoms with Gasteiger partial charge in [-0.05, 0) is 44.7 Å². The van der Waals surface area contributed by atoms with Gasteiger partial charge < -0.3 is 15.6 Å². The lowest BCUT2D eigenvalue weighted by atomic mass is 9.98. The van der Waals surface area contributed by atoms with Crippen molar-refractivity contribution in [3.8, 4) is 11.8 Å². The number of aliphatic hydroxyl groups excluding tert-OH is 1. The number of aliphatic hydroxyl groups is 1. The van der Waals surface area contributed by atoms with E-state index < -0.39 is 5.54 Å². The first kappa shape index (κ1) is 17.5. The summed E-state index contributed by atoms with van der Waals surface area (Å²) < 4.78 is 5.80. The highest BCUT2D eigenvalue weighted by Gasteiger charge is 2.17. The summed E-state index contributed by atoms with van der Waals surface area (Å²) in [6.07, 6.45) is 8.39. The molecular formula is C18H27NO2S. The average Bonchev–Trinajstić information content (AvgIpc) is 2.99. The van der Waals surface area contributed by atoms with Gasteiger partial charge >= 0.3 is 0 Å². The first-order chi connectivity index (χ1) is 10.6. The van der Waals surface area contributed by atoms with Crippen LogP contribution in [0.5, 0.6) is 0 Å². The molecule has 0 saturated heterocycles.